The molecule has 3 N–H and O–H groups in total. The molecule has 4 aromatic rings. The number of likely N-dealkylation sites (tertiary alicyclic amines) is 1. The summed E-state index contributed by atoms with van der Waals surface area (Å²) in [6, 6.07) is 8.06. The van der Waals surface area contributed by atoms with E-state index in [1.54, 1.807) is 29.9 Å². The van der Waals surface area contributed by atoms with Crippen molar-refractivity contribution < 1.29 is 27.5 Å². The number of benzene rings is 1. The number of nitrogens with one attached hydrogen (secondary N) is 3. The summed E-state index contributed by atoms with van der Waals surface area (Å²) in [6.07, 6.45) is 2.26. The van der Waals surface area contributed by atoms with Gasteiger partial charge in [-0.25, -0.2) is 22.9 Å². The quantitative estimate of drug-likeness (QED) is 0.245. The minimum atomic E-state index is -3.80. The van der Waals surface area contributed by atoms with Gasteiger partial charge in [0.1, 0.15) is 22.0 Å². The Bertz CT molecular complexity index is 1660. The molecule has 3 atom stereocenters. The van der Waals surface area contributed by atoms with E-state index in [2.05, 4.69) is 20.0 Å². The number of esters is 1. The van der Waals surface area contributed by atoms with Crippen LogP contribution in [-0.2, 0) is 30.8 Å². The van der Waals surface area contributed by atoms with E-state index >= 15 is 0 Å². The highest BCUT2D eigenvalue weighted by molar-refractivity contribution is 7.91. The highest BCUT2D eigenvalue weighted by Crippen LogP contribution is 2.25. The lowest BCUT2D eigenvalue weighted by molar-refractivity contribution is -0.145. The number of aromatic nitrogens is 2. The van der Waals surface area contributed by atoms with E-state index in [1.807, 2.05) is 24.3 Å². The predicted molar refractivity (Wildman–Crippen MR) is 155 cm³/mol. The molecule has 1 aliphatic heterocycles. The average molecular weight is 616 g/mol. The zero-order chi connectivity index (χ0) is 29.1. The second-order valence-corrected chi connectivity index (χ2v) is 13.6. The Kier molecular flexibility index (Phi) is 8.54. The van der Waals surface area contributed by atoms with Gasteiger partial charge >= 0.3 is 5.97 Å². The summed E-state index contributed by atoms with van der Waals surface area (Å²) in [5.41, 5.74) is 1.92. The number of fused-ring (bicyclic) bond motifs is 1. The number of thiazole rings is 1. The minimum Gasteiger partial charge on any atom is -0.467 e. The Hall–Kier alpha value is -3.59. The lowest BCUT2D eigenvalue weighted by atomic mass is 9.96. The number of rotatable bonds is 9. The van der Waals surface area contributed by atoms with Crippen LogP contribution in [0, 0.1) is 6.92 Å². The largest absolute Gasteiger partial charge is 0.467 e. The van der Waals surface area contributed by atoms with Crippen LogP contribution < -0.4 is 10.0 Å². The van der Waals surface area contributed by atoms with E-state index in [-0.39, 0.29) is 29.3 Å². The van der Waals surface area contributed by atoms with Gasteiger partial charge < -0.3 is 19.9 Å². The van der Waals surface area contributed by atoms with Crippen LogP contribution in [0.15, 0.2) is 57.6 Å². The number of amides is 2. The second kappa shape index (κ2) is 12.1. The number of aryl methyl sites for hydroxylation is 1. The number of sulfonamides is 1. The van der Waals surface area contributed by atoms with E-state index in [0.29, 0.717) is 11.4 Å². The van der Waals surface area contributed by atoms with Crippen molar-refractivity contribution in [3.8, 4) is 0 Å². The van der Waals surface area contributed by atoms with Gasteiger partial charge in [0, 0.05) is 41.5 Å². The van der Waals surface area contributed by atoms with Crippen molar-refractivity contribution in [1.29, 1.82) is 0 Å². The van der Waals surface area contributed by atoms with Crippen LogP contribution in [0.5, 0.6) is 0 Å². The summed E-state index contributed by atoms with van der Waals surface area (Å²) in [7, 11) is -2.56. The van der Waals surface area contributed by atoms with Gasteiger partial charge in [0.25, 0.3) is 5.91 Å². The number of aromatic amines is 1. The third kappa shape index (κ3) is 6.35. The van der Waals surface area contributed by atoms with Gasteiger partial charge in [-0.05, 0) is 42.8 Å². The molecule has 3 aromatic heterocycles. The van der Waals surface area contributed by atoms with Crippen LogP contribution >= 0.6 is 22.7 Å². The monoisotopic (exact) mass is 615 g/mol. The third-order valence-corrected chi connectivity index (χ3v) is 10.7. The van der Waals surface area contributed by atoms with Crippen LogP contribution in [0.1, 0.15) is 33.9 Å². The Morgan fingerprint density at radius 2 is 2.00 bits per heavy atom. The van der Waals surface area contributed by atoms with Crippen molar-refractivity contribution in [1.82, 2.24) is 24.9 Å². The van der Waals surface area contributed by atoms with E-state index in [9.17, 15) is 22.8 Å². The number of carbonyl (C=O) groups is 3. The first-order valence-corrected chi connectivity index (χ1v) is 16.1. The van der Waals surface area contributed by atoms with Crippen molar-refractivity contribution in [2.75, 3.05) is 13.7 Å². The first kappa shape index (κ1) is 28.9. The number of ether oxygens (including phenoxy) is 1. The summed E-state index contributed by atoms with van der Waals surface area (Å²) < 4.78 is 33.7. The fourth-order valence-electron chi connectivity index (χ4n) is 4.99. The minimum absolute atomic E-state index is 0.0201. The van der Waals surface area contributed by atoms with E-state index in [4.69, 9.17) is 4.74 Å². The summed E-state index contributed by atoms with van der Waals surface area (Å²) >= 11 is 2.41. The predicted octanol–water partition coefficient (Wildman–Crippen LogP) is 2.85. The topological polar surface area (TPSA) is 151 Å². The molecule has 14 heteroatoms. The first-order valence-electron chi connectivity index (χ1n) is 12.9. The van der Waals surface area contributed by atoms with Gasteiger partial charge in [0.2, 0.25) is 15.9 Å². The first-order chi connectivity index (χ1) is 19.7. The zero-order valence-electron chi connectivity index (χ0n) is 22.3. The van der Waals surface area contributed by atoms with Crippen LogP contribution in [0.2, 0.25) is 0 Å². The molecular weight excluding hydrogens is 587 g/mol. The number of carbonyl (C=O) groups excluding carboxylic acids is 3. The van der Waals surface area contributed by atoms with Crippen LogP contribution in [0.25, 0.3) is 10.9 Å². The van der Waals surface area contributed by atoms with Gasteiger partial charge in [-0.3, -0.25) is 9.59 Å². The van der Waals surface area contributed by atoms with Crippen molar-refractivity contribution in [2.24, 2.45) is 0 Å². The normalized spacial score (nSPS) is 18.2. The molecule has 2 amide bonds. The molecule has 1 fully saturated rings. The van der Waals surface area contributed by atoms with Crippen LogP contribution in [0.4, 0.5) is 0 Å². The molecule has 5 rings (SSSR count). The molecule has 216 valence electrons. The lowest BCUT2D eigenvalue weighted by Gasteiger charge is -2.38. The standard InChI is InChI=1S/C27H29N5O6S3/c1-16-29-22(15-40-16)26(34)32-10-9-18(31-41(36,37)24-8-5-11-39-24)13-23(32)25(33)30-21(27(35)38-2)12-17-14-28-20-7-4-3-6-19(17)20/h3-8,11,14-15,18,21,23,28,31H,9-10,12-13H2,1-2H3,(H,30,33)/t18-,21+,23-/m0/s1. The zero-order valence-corrected chi connectivity index (χ0v) is 24.8. The van der Waals surface area contributed by atoms with Crippen LogP contribution in [0.3, 0.4) is 0 Å². The smallest absolute Gasteiger partial charge is 0.328 e. The second-order valence-electron chi connectivity index (χ2n) is 9.69. The van der Waals surface area contributed by atoms with Gasteiger partial charge in [0.05, 0.1) is 12.1 Å². The molecule has 11 nitrogen and oxygen atoms in total. The molecule has 1 aromatic carbocycles. The summed E-state index contributed by atoms with van der Waals surface area (Å²) in [5, 5.41) is 7.69. The molecule has 0 aliphatic carbocycles. The average Bonchev–Trinajstić information content (AvgIpc) is 3.74. The summed E-state index contributed by atoms with van der Waals surface area (Å²) in [4.78, 5) is 48.9. The van der Waals surface area contributed by atoms with E-state index in [1.165, 1.54) is 29.4 Å². The lowest BCUT2D eigenvalue weighted by Crippen LogP contribution is -2.59. The number of methoxy groups -OCH3 is 1. The summed E-state index contributed by atoms with van der Waals surface area (Å²) in [6.45, 7) is 1.90. The Labute approximate surface area is 245 Å². The molecule has 0 spiro atoms. The molecule has 4 heterocycles. The van der Waals surface area contributed by atoms with Crippen LogP contribution in [-0.4, -0.2) is 72.8 Å². The Balaban J connectivity index is 1.39. The van der Waals surface area contributed by atoms with E-state index in [0.717, 1.165) is 27.8 Å². The Morgan fingerprint density at radius 3 is 2.71 bits per heavy atom. The molecule has 1 saturated heterocycles. The number of H-pyrrole nitrogens is 1. The third-order valence-electron chi connectivity index (χ3n) is 6.99. The highest BCUT2D eigenvalue weighted by atomic mass is 32.2. The molecule has 0 saturated carbocycles. The van der Waals surface area contributed by atoms with Crippen molar-refractivity contribution >= 4 is 61.4 Å². The maximum absolute atomic E-state index is 13.8. The molecule has 0 radical (unpaired) electrons. The number of piperidine rings is 1. The van der Waals surface area contributed by atoms with Gasteiger partial charge in [-0.15, -0.1) is 22.7 Å². The maximum Gasteiger partial charge on any atom is 0.328 e. The molecule has 41 heavy (non-hydrogen) atoms. The SMILES string of the molecule is COC(=O)[C@@H](Cc1c[nH]c2ccccc12)NC(=O)[C@@H]1C[C@@H](NS(=O)(=O)c2cccs2)CCN1C(=O)c1csc(C)n1. The number of hydrogen-bond donors (Lipinski definition) is 3. The van der Waals surface area contributed by atoms with Gasteiger partial charge in [-0.2, -0.15) is 0 Å². The number of thiophene rings is 1. The van der Waals surface area contributed by atoms with Crippen molar-refractivity contribution in [3.63, 3.8) is 0 Å². The van der Waals surface area contributed by atoms with Crippen molar-refractivity contribution in [3.05, 3.63) is 69.6 Å². The fraction of sp³-hybridized carbons (Fsp3) is 0.333. The van der Waals surface area contributed by atoms with Gasteiger partial charge in [-0.1, -0.05) is 24.3 Å². The highest BCUT2D eigenvalue weighted by Gasteiger charge is 2.40. The number of hydrogen-bond acceptors (Lipinski definition) is 9. The maximum atomic E-state index is 13.8. The fourth-order valence-corrected chi connectivity index (χ4v) is 7.87. The molecule has 0 unspecified atom stereocenters. The Morgan fingerprint density at radius 1 is 1.20 bits per heavy atom. The number of nitrogens with zero attached hydrogens (tertiary/aromatic N) is 2. The summed E-state index contributed by atoms with van der Waals surface area (Å²) in [5.74, 6) is -1.65. The van der Waals surface area contributed by atoms with Gasteiger partial charge in [0.15, 0.2) is 0 Å². The number of para-hydroxylation sites is 1. The molecule has 0 bridgehead atoms. The molecule has 1 aliphatic rings. The van der Waals surface area contributed by atoms with Crippen molar-refractivity contribution in [2.45, 2.75) is 48.5 Å². The van der Waals surface area contributed by atoms with E-state index < -0.39 is 45.9 Å². The molecular formula is C27H29N5O6S3.